The first-order chi connectivity index (χ1) is 18.6. The number of carbonyl (C=O) groups excluding carboxylic acids is 3. The number of aromatic hydroxyl groups is 1. The molecule has 1 fully saturated rings. The number of aliphatic hydroxyl groups is 3. The Balaban J connectivity index is 1.76. The summed E-state index contributed by atoms with van der Waals surface area (Å²) < 4.78 is 0. The zero-order valence-corrected chi connectivity index (χ0v) is 23.8. The largest absolute Gasteiger partial charge is 0.508 e. The van der Waals surface area contributed by atoms with Crippen LogP contribution in [-0.2, 0) is 20.8 Å². The molecule has 0 amide bonds. The van der Waals surface area contributed by atoms with Crippen molar-refractivity contribution in [3.63, 3.8) is 0 Å². The molecule has 1 aromatic rings. The Bertz CT molecular complexity index is 1550. The Hall–Kier alpha value is -3.71. The maximum Gasteiger partial charge on any atom is 0.203 e. The van der Waals surface area contributed by atoms with Crippen molar-refractivity contribution in [2.45, 2.75) is 66.4 Å². The van der Waals surface area contributed by atoms with Crippen molar-refractivity contribution in [1.29, 1.82) is 0 Å². The van der Waals surface area contributed by atoms with Gasteiger partial charge in [-0.2, -0.15) is 0 Å². The second-order valence-electron chi connectivity index (χ2n) is 12.6. The van der Waals surface area contributed by atoms with E-state index in [0.29, 0.717) is 5.56 Å². The molecule has 4 atom stereocenters. The van der Waals surface area contributed by atoms with Gasteiger partial charge in [-0.25, -0.2) is 0 Å². The number of Topliss-reactive ketones (excluding diaryl/α,β-unsaturated/α-hetero) is 3. The van der Waals surface area contributed by atoms with E-state index in [2.05, 4.69) is 12.2 Å². The fraction of sp³-hybridized carbons (Fsp3) is 0.424. The molecule has 5 rings (SSSR count). The van der Waals surface area contributed by atoms with E-state index in [1.165, 1.54) is 6.07 Å². The highest BCUT2D eigenvalue weighted by atomic mass is 16.3. The second-order valence-corrected chi connectivity index (χ2v) is 12.6. The van der Waals surface area contributed by atoms with Gasteiger partial charge in [0, 0.05) is 22.3 Å². The van der Waals surface area contributed by atoms with Crippen molar-refractivity contribution < 1.29 is 34.8 Å². The third kappa shape index (κ3) is 3.49. The lowest BCUT2D eigenvalue weighted by atomic mass is 9.43. The predicted molar refractivity (Wildman–Crippen MR) is 151 cm³/mol. The molecule has 0 saturated heterocycles. The fourth-order valence-corrected chi connectivity index (χ4v) is 7.92. The maximum atomic E-state index is 14.3. The quantitative estimate of drug-likeness (QED) is 0.369. The Morgan fingerprint density at radius 3 is 2.35 bits per heavy atom. The summed E-state index contributed by atoms with van der Waals surface area (Å²) in [5.41, 5.74) is -1.99. The van der Waals surface area contributed by atoms with E-state index in [1.807, 2.05) is 19.1 Å². The first-order valence-corrected chi connectivity index (χ1v) is 13.7. The number of benzene rings is 1. The minimum absolute atomic E-state index is 0.0674. The Morgan fingerprint density at radius 2 is 1.77 bits per heavy atom. The maximum absolute atomic E-state index is 14.3. The van der Waals surface area contributed by atoms with Crippen molar-refractivity contribution in [2.75, 3.05) is 0 Å². The first kappa shape index (κ1) is 27.8. The lowest BCUT2D eigenvalue weighted by molar-refractivity contribution is -0.178. The molecule has 0 aromatic heterocycles. The van der Waals surface area contributed by atoms with E-state index in [9.17, 15) is 34.8 Å². The number of phenolic OH excluding ortho intramolecular Hbond substituents is 1. The SMILES string of the molecule is CC(=O)C1=C(O)[C@]2(O)C(=O)C3=C(O)c4c(O)ccc(/C=C/C5=C(C)C=CC5)c4C[C@]3(C)C[C@]2(C)C(C(C)C)C1=O. The van der Waals surface area contributed by atoms with E-state index in [1.54, 1.807) is 33.8 Å². The van der Waals surface area contributed by atoms with Crippen LogP contribution >= 0.6 is 0 Å². The van der Waals surface area contributed by atoms with Crippen molar-refractivity contribution in [3.05, 3.63) is 75.1 Å². The van der Waals surface area contributed by atoms with Crippen molar-refractivity contribution in [2.24, 2.45) is 22.7 Å². The average molecular weight is 545 g/mol. The molecule has 4 aliphatic carbocycles. The van der Waals surface area contributed by atoms with E-state index in [0.717, 1.165) is 30.1 Å². The van der Waals surface area contributed by atoms with Gasteiger partial charge in [-0.05, 0) is 67.4 Å². The van der Waals surface area contributed by atoms with Gasteiger partial charge in [0.25, 0.3) is 0 Å². The zero-order chi connectivity index (χ0) is 29.5. The van der Waals surface area contributed by atoms with Gasteiger partial charge in [0.2, 0.25) is 5.78 Å². The number of ketones is 3. The number of hydrogen-bond acceptors (Lipinski definition) is 7. The molecule has 7 heteroatoms. The summed E-state index contributed by atoms with van der Waals surface area (Å²) in [7, 11) is 0. The monoisotopic (exact) mass is 544 g/mol. The minimum Gasteiger partial charge on any atom is -0.508 e. The number of carbonyl (C=O) groups is 3. The molecular weight excluding hydrogens is 508 g/mol. The van der Waals surface area contributed by atoms with Crippen LogP contribution in [0.2, 0.25) is 0 Å². The second kappa shape index (κ2) is 8.90. The van der Waals surface area contributed by atoms with Gasteiger partial charge in [0.1, 0.15) is 22.8 Å². The molecular formula is C33H36O7. The van der Waals surface area contributed by atoms with Crippen molar-refractivity contribution in [3.8, 4) is 5.75 Å². The summed E-state index contributed by atoms with van der Waals surface area (Å²) in [5, 5.41) is 45.8. The van der Waals surface area contributed by atoms with E-state index in [4.69, 9.17) is 0 Å². The number of phenols is 1. The van der Waals surface area contributed by atoms with Gasteiger partial charge in [0.15, 0.2) is 17.2 Å². The summed E-state index contributed by atoms with van der Waals surface area (Å²) in [4.78, 5) is 40.4. The van der Waals surface area contributed by atoms with Crippen LogP contribution in [0.25, 0.3) is 11.8 Å². The highest BCUT2D eigenvalue weighted by Crippen LogP contribution is 2.65. The van der Waals surface area contributed by atoms with E-state index in [-0.39, 0.29) is 35.6 Å². The number of fused-ring (bicyclic) bond motifs is 3. The molecule has 40 heavy (non-hydrogen) atoms. The van der Waals surface area contributed by atoms with E-state index >= 15 is 0 Å². The smallest absolute Gasteiger partial charge is 0.203 e. The van der Waals surface area contributed by atoms with E-state index < -0.39 is 56.8 Å². The summed E-state index contributed by atoms with van der Waals surface area (Å²) in [6, 6.07) is 3.22. The normalized spacial score (nSPS) is 31.9. The molecule has 1 aromatic carbocycles. The van der Waals surface area contributed by atoms with Gasteiger partial charge in [-0.1, -0.05) is 58.1 Å². The van der Waals surface area contributed by atoms with Gasteiger partial charge in [-0.15, -0.1) is 0 Å². The molecule has 4 aliphatic rings. The number of rotatable bonds is 4. The molecule has 7 nitrogen and oxygen atoms in total. The van der Waals surface area contributed by atoms with Gasteiger partial charge in [0.05, 0.1) is 5.56 Å². The van der Waals surface area contributed by atoms with Crippen LogP contribution in [0.3, 0.4) is 0 Å². The fourth-order valence-electron chi connectivity index (χ4n) is 7.92. The third-order valence-corrected chi connectivity index (χ3v) is 9.60. The van der Waals surface area contributed by atoms with Gasteiger partial charge in [-0.3, -0.25) is 14.4 Å². The van der Waals surface area contributed by atoms with Crippen molar-refractivity contribution >= 4 is 29.2 Å². The molecule has 1 unspecified atom stereocenters. The highest BCUT2D eigenvalue weighted by molar-refractivity contribution is 6.24. The molecule has 0 radical (unpaired) electrons. The topological polar surface area (TPSA) is 132 Å². The average Bonchev–Trinajstić information content (AvgIpc) is 3.25. The molecule has 4 N–H and O–H groups in total. The Morgan fingerprint density at radius 1 is 1.10 bits per heavy atom. The molecule has 0 bridgehead atoms. The van der Waals surface area contributed by atoms with Crippen LogP contribution in [-0.4, -0.2) is 43.4 Å². The molecule has 1 saturated carbocycles. The zero-order valence-electron chi connectivity index (χ0n) is 23.8. The summed E-state index contributed by atoms with van der Waals surface area (Å²) >= 11 is 0. The lowest BCUT2D eigenvalue weighted by Crippen LogP contribution is -2.69. The third-order valence-electron chi connectivity index (χ3n) is 9.60. The van der Waals surface area contributed by atoms with Crippen LogP contribution < -0.4 is 0 Å². The first-order valence-electron chi connectivity index (χ1n) is 13.7. The molecule has 0 spiro atoms. The van der Waals surface area contributed by atoms with Crippen LogP contribution in [0.1, 0.15) is 71.1 Å². The van der Waals surface area contributed by atoms with Crippen LogP contribution in [0.5, 0.6) is 5.75 Å². The van der Waals surface area contributed by atoms with Crippen LogP contribution in [0.4, 0.5) is 0 Å². The molecule has 210 valence electrons. The van der Waals surface area contributed by atoms with Crippen molar-refractivity contribution in [1.82, 2.24) is 0 Å². The number of aliphatic hydroxyl groups excluding tert-OH is 2. The van der Waals surface area contributed by atoms with Crippen LogP contribution in [0, 0.1) is 22.7 Å². The highest BCUT2D eigenvalue weighted by Gasteiger charge is 2.72. The van der Waals surface area contributed by atoms with Gasteiger partial charge < -0.3 is 20.4 Å². The predicted octanol–water partition coefficient (Wildman–Crippen LogP) is 5.48. The standard InChI is InChI=1S/C33H36O7/c1-16(2)25-27(36)23(18(4)34)29(38)33(40)30(39)26-28(37)24-21(14-31(26,5)15-32(25,33)6)20(12-13-22(24)35)11-10-19-9-7-8-17(19)3/h7-8,10-13,16,25,35,37-38,40H,9,14-15H2,1-6H3/b11-10+/t25?,31-,32-,33+/m1/s1. The summed E-state index contributed by atoms with van der Waals surface area (Å²) in [6.07, 6.45) is 9.20. The number of allylic oxidation sites excluding steroid dienone is 6. The molecule has 0 heterocycles. The lowest BCUT2D eigenvalue weighted by Gasteiger charge is -2.59. The molecule has 0 aliphatic heterocycles. The van der Waals surface area contributed by atoms with Gasteiger partial charge >= 0.3 is 0 Å². The summed E-state index contributed by atoms with van der Waals surface area (Å²) in [5.74, 6) is -5.24. The summed E-state index contributed by atoms with van der Waals surface area (Å²) in [6.45, 7) is 10.1. The minimum atomic E-state index is -2.61. The Kier molecular flexibility index (Phi) is 6.19. The Labute approximate surface area is 233 Å². The number of hydrogen-bond donors (Lipinski definition) is 4. The van der Waals surface area contributed by atoms with Crippen LogP contribution in [0.15, 0.2) is 58.4 Å².